The molecule has 1 unspecified atom stereocenters. The van der Waals surface area contributed by atoms with Crippen LogP contribution < -0.4 is 10.1 Å². The van der Waals surface area contributed by atoms with Gasteiger partial charge in [0.25, 0.3) is 0 Å². The molecular formula is C17H27NO. The van der Waals surface area contributed by atoms with Gasteiger partial charge < -0.3 is 10.1 Å². The largest absolute Gasteiger partial charge is 0.491 e. The SMILES string of the molecule is CCC1(c2ccc(OC(C)C)cc2)CCCCCN1. The first kappa shape index (κ1) is 14.4. The van der Waals surface area contributed by atoms with Crippen molar-refractivity contribution in [1.29, 1.82) is 0 Å². The molecule has 1 aromatic rings. The van der Waals surface area contributed by atoms with Crippen LogP contribution >= 0.6 is 0 Å². The zero-order chi connectivity index (χ0) is 13.7. The summed E-state index contributed by atoms with van der Waals surface area (Å²) in [6.45, 7) is 7.55. The van der Waals surface area contributed by atoms with Gasteiger partial charge in [0.05, 0.1) is 6.10 Å². The first-order chi connectivity index (χ1) is 9.16. The lowest BCUT2D eigenvalue weighted by atomic mass is 9.83. The van der Waals surface area contributed by atoms with Gasteiger partial charge in [0.1, 0.15) is 5.75 Å². The minimum absolute atomic E-state index is 0.173. The van der Waals surface area contributed by atoms with E-state index < -0.39 is 0 Å². The molecule has 0 aromatic heterocycles. The van der Waals surface area contributed by atoms with Crippen LogP contribution in [0.1, 0.15) is 58.4 Å². The number of ether oxygens (including phenoxy) is 1. The van der Waals surface area contributed by atoms with Crippen LogP contribution in [0.15, 0.2) is 24.3 Å². The topological polar surface area (TPSA) is 21.3 Å². The third kappa shape index (κ3) is 3.50. The highest BCUT2D eigenvalue weighted by atomic mass is 16.5. The quantitative estimate of drug-likeness (QED) is 0.875. The van der Waals surface area contributed by atoms with Crippen LogP contribution in [0.25, 0.3) is 0 Å². The molecular weight excluding hydrogens is 234 g/mol. The van der Waals surface area contributed by atoms with Gasteiger partial charge in [0.15, 0.2) is 0 Å². The third-order valence-electron chi connectivity index (χ3n) is 4.13. The maximum Gasteiger partial charge on any atom is 0.119 e. The van der Waals surface area contributed by atoms with Crippen molar-refractivity contribution in [2.75, 3.05) is 6.54 Å². The zero-order valence-electron chi connectivity index (χ0n) is 12.5. The fourth-order valence-corrected chi connectivity index (χ4v) is 3.02. The fraction of sp³-hybridized carbons (Fsp3) is 0.647. The van der Waals surface area contributed by atoms with E-state index in [1.54, 1.807) is 0 Å². The molecule has 1 heterocycles. The Bertz CT molecular complexity index is 375. The summed E-state index contributed by atoms with van der Waals surface area (Å²) < 4.78 is 5.73. The highest BCUT2D eigenvalue weighted by molar-refractivity contribution is 5.32. The number of benzene rings is 1. The Kier molecular flexibility index (Phi) is 4.87. The Balaban J connectivity index is 2.18. The molecule has 106 valence electrons. The van der Waals surface area contributed by atoms with Gasteiger partial charge in [-0.05, 0) is 57.4 Å². The second kappa shape index (κ2) is 6.42. The Morgan fingerprint density at radius 2 is 1.89 bits per heavy atom. The minimum Gasteiger partial charge on any atom is -0.491 e. The maximum atomic E-state index is 5.73. The van der Waals surface area contributed by atoms with Crippen LogP contribution in [0.4, 0.5) is 0 Å². The molecule has 19 heavy (non-hydrogen) atoms. The van der Waals surface area contributed by atoms with Crippen molar-refractivity contribution < 1.29 is 4.74 Å². The van der Waals surface area contributed by atoms with Gasteiger partial charge in [0.2, 0.25) is 0 Å². The molecule has 2 rings (SSSR count). The van der Waals surface area contributed by atoms with Crippen LogP contribution in [0.2, 0.25) is 0 Å². The van der Waals surface area contributed by atoms with E-state index in [9.17, 15) is 0 Å². The molecule has 0 spiro atoms. The van der Waals surface area contributed by atoms with Gasteiger partial charge in [-0.15, -0.1) is 0 Å². The summed E-state index contributed by atoms with van der Waals surface area (Å²) in [5.74, 6) is 0.971. The zero-order valence-corrected chi connectivity index (χ0v) is 12.5. The van der Waals surface area contributed by atoms with Gasteiger partial charge in [-0.1, -0.05) is 31.9 Å². The highest BCUT2D eigenvalue weighted by Gasteiger charge is 2.30. The van der Waals surface area contributed by atoms with Crippen molar-refractivity contribution in [3.8, 4) is 5.75 Å². The van der Waals surface area contributed by atoms with Crippen LogP contribution in [0, 0.1) is 0 Å². The first-order valence-corrected chi connectivity index (χ1v) is 7.68. The fourth-order valence-electron chi connectivity index (χ4n) is 3.02. The maximum absolute atomic E-state index is 5.73. The summed E-state index contributed by atoms with van der Waals surface area (Å²) in [4.78, 5) is 0. The minimum atomic E-state index is 0.173. The standard InChI is InChI=1S/C17H27NO/c1-4-17(12-6-5-7-13-18-17)15-8-10-16(11-9-15)19-14(2)3/h8-11,14,18H,4-7,12-13H2,1-3H3. The van der Waals surface area contributed by atoms with E-state index in [1.165, 1.54) is 31.2 Å². The van der Waals surface area contributed by atoms with Crippen LogP contribution in [-0.2, 0) is 5.54 Å². The molecule has 0 radical (unpaired) electrons. The van der Waals surface area contributed by atoms with E-state index in [0.29, 0.717) is 0 Å². The highest BCUT2D eigenvalue weighted by Crippen LogP contribution is 2.33. The van der Waals surface area contributed by atoms with Crippen LogP contribution in [0.5, 0.6) is 5.75 Å². The van der Waals surface area contributed by atoms with Crippen molar-refractivity contribution in [3.63, 3.8) is 0 Å². The van der Waals surface area contributed by atoms with Crippen molar-refractivity contribution in [3.05, 3.63) is 29.8 Å². The van der Waals surface area contributed by atoms with E-state index in [-0.39, 0.29) is 11.6 Å². The van der Waals surface area contributed by atoms with E-state index in [2.05, 4.69) is 50.4 Å². The van der Waals surface area contributed by atoms with Crippen molar-refractivity contribution in [2.24, 2.45) is 0 Å². The molecule has 1 fully saturated rings. The first-order valence-electron chi connectivity index (χ1n) is 7.68. The second-order valence-electron chi connectivity index (χ2n) is 5.86. The van der Waals surface area contributed by atoms with Crippen molar-refractivity contribution in [2.45, 2.75) is 64.5 Å². The van der Waals surface area contributed by atoms with Gasteiger partial charge in [-0.3, -0.25) is 0 Å². The number of hydrogen-bond acceptors (Lipinski definition) is 2. The van der Waals surface area contributed by atoms with E-state index >= 15 is 0 Å². The van der Waals surface area contributed by atoms with Gasteiger partial charge in [-0.2, -0.15) is 0 Å². The summed E-state index contributed by atoms with van der Waals surface area (Å²) in [5.41, 5.74) is 1.58. The van der Waals surface area contributed by atoms with E-state index in [4.69, 9.17) is 4.74 Å². The summed E-state index contributed by atoms with van der Waals surface area (Å²) in [5, 5.41) is 3.78. The Labute approximate surface area is 117 Å². The molecule has 1 aliphatic heterocycles. The molecule has 1 atom stereocenters. The molecule has 1 aliphatic rings. The van der Waals surface area contributed by atoms with Gasteiger partial charge >= 0.3 is 0 Å². The molecule has 1 aromatic carbocycles. The predicted molar refractivity (Wildman–Crippen MR) is 80.6 cm³/mol. The Morgan fingerprint density at radius 1 is 1.16 bits per heavy atom. The number of nitrogens with one attached hydrogen (secondary N) is 1. The van der Waals surface area contributed by atoms with Gasteiger partial charge in [0, 0.05) is 5.54 Å². The average Bonchev–Trinajstić information content (AvgIpc) is 2.65. The van der Waals surface area contributed by atoms with Gasteiger partial charge in [-0.25, -0.2) is 0 Å². The summed E-state index contributed by atoms with van der Waals surface area (Å²) in [7, 11) is 0. The van der Waals surface area contributed by atoms with Crippen LogP contribution in [0.3, 0.4) is 0 Å². The third-order valence-corrected chi connectivity index (χ3v) is 4.13. The van der Waals surface area contributed by atoms with Crippen molar-refractivity contribution >= 4 is 0 Å². The monoisotopic (exact) mass is 261 g/mol. The summed E-state index contributed by atoms with van der Waals surface area (Å²) in [6, 6.07) is 8.69. The lowest BCUT2D eigenvalue weighted by molar-refractivity contribution is 0.242. The van der Waals surface area contributed by atoms with E-state index in [1.807, 2.05) is 0 Å². The smallest absolute Gasteiger partial charge is 0.119 e. The van der Waals surface area contributed by atoms with Crippen LogP contribution in [-0.4, -0.2) is 12.6 Å². The molecule has 0 aliphatic carbocycles. The molecule has 2 nitrogen and oxygen atoms in total. The molecule has 0 bridgehead atoms. The molecule has 2 heteroatoms. The number of rotatable bonds is 4. The predicted octanol–water partition coefficient (Wildman–Crippen LogP) is 4.24. The molecule has 1 N–H and O–H groups in total. The normalized spacial score (nSPS) is 24.2. The lowest BCUT2D eigenvalue weighted by Crippen LogP contribution is -2.41. The lowest BCUT2D eigenvalue weighted by Gasteiger charge is -2.33. The molecule has 0 saturated carbocycles. The van der Waals surface area contributed by atoms with Crippen molar-refractivity contribution in [1.82, 2.24) is 5.32 Å². The number of hydrogen-bond donors (Lipinski definition) is 1. The summed E-state index contributed by atoms with van der Waals surface area (Å²) in [6.07, 6.45) is 6.61. The average molecular weight is 261 g/mol. The summed E-state index contributed by atoms with van der Waals surface area (Å²) >= 11 is 0. The Hall–Kier alpha value is -1.02. The molecule has 1 saturated heterocycles. The van der Waals surface area contributed by atoms with E-state index in [0.717, 1.165) is 18.7 Å². The molecule has 0 amide bonds. The second-order valence-corrected chi connectivity index (χ2v) is 5.86. The Morgan fingerprint density at radius 3 is 2.53 bits per heavy atom.